The van der Waals surface area contributed by atoms with E-state index in [1.165, 1.54) is 0 Å². The largest absolute Gasteiger partial charge is 0.372 e. The van der Waals surface area contributed by atoms with E-state index in [2.05, 4.69) is 0 Å². The van der Waals surface area contributed by atoms with Gasteiger partial charge in [-0.2, -0.15) is 0 Å². The number of fused-ring (bicyclic) bond motifs is 1. The van der Waals surface area contributed by atoms with Crippen molar-refractivity contribution in [3.8, 4) is 0 Å². The first-order chi connectivity index (χ1) is 8.74. The van der Waals surface area contributed by atoms with E-state index < -0.39 is 0 Å². The molecule has 0 saturated heterocycles. The Labute approximate surface area is 110 Å². The van der Waals surface area contributed by atoms with Crippen LogP contribution in [0.15, 0.2) is 42.5 Å². The third kappa shape index (κ3) is 2.05. The second kappa shape index (κ2) is 4.56. The van der Waals surface area contributed by atoms with Crippen LogP contribution in [0.1, 0.15) is 27.0 Å². The van der Waals surface area contributed by atoms with Crippen molar-refractivity contribution in [2.75, 3.05) is 0 Å². The number of rotatable bonds is 2. The molecule has 0 amide bonds. The Morgan fingerprint density at radius 2 is 1.78 bits per heavy atom. The van der Waals surface area contributed by atoms with E-state index in [-0.39, 0.29) is 5.78 Å². The Morgan fingerprint density at radius 3 is 2.61 bits per heavy atom. The van der Waals surface area contributed by atoms with Crippen LogP contribution in [0.25, 0.3) is 0 Å². The van der Waals surface area contributed by atoms with Crippen molar-refractivity contribution in [2.45, 2.75) is 13.2 Å². The summed E-state index contributed by atoms with van der Waals surface area (Å²) in [7, 11) is 0. The highest BCUT2D eigenvalue weighted by Crippen LogP contribution is 2.22. The molecule has 90 valence electrons. The first kappa shape index (κ1) is 11.5. The Balaban J connectivity index is 1.98. The van der Waals surface area contributed by atoms with Crippen LogP contribution in [0.5, 0.6) is 0 Å². The molecule has 2 aromatic carbocycles. The number of hydrogen-bond donors (Lipinski definition) is 0. The smallest absolute Gasteiger partial charge is 0.193 e. The normalized spacial score (nSPS) is 13.4. The first-order valence-electron chi connectivity index (χ1n) is 5.74. The lowest BCUT2D eigenvalue weighted by Gasteiger charge is -2.04. The summed E-state index contributed by atoms with van der Waals surface area (Å²) >= 11 is 5.90. The molecule has 3 rings (SSSR count). The predicted molar refractivity (Wildman–Crippen MR) is 69.8 cm³/mol. The molecule has 0 aliphatic carbocycles. The molecule has 0 bridgehead atoms. The summed E-state index contributed by atoms with van der Waals surface area (Å²) < 4.78 is 5.34. The van der Waals surface area contributed by atoms with Gasteiger partial charge in [0, 0.05) is 16.1 Å². The third-order valence-electron chi connectivity index (χ3n) is 3.07. The van der Waals surface area contributed by atoms with E-state index in [1.807, 2.05) is 18.2 Å². The quantitative estimate of drug-likeness (QED) is 0.770. The highest BCUT2D eigenvalue weighted by Gasteiger charge is 2.15. The van der Waals surface area contributed by atoms with Gasteiger partial charge >= 0.3 is 0 Å². The van der Waals surface area contributed by atoms with Crippen molar-refractivity contribution in [1.82, 2.24) is 0 Å². The number of ether oxygens (including phenoxy) is 1. The van der Waals surface area contributed by atoms with Gasteiger partial charge in [-0.1, -0.05) is 35.9 Å². The van der Waals surface area contributed by atoms with Gasteiger partial charge in [0.2, 0.25) is 0 Å². The fourth-order valence-corrected chi connectivity index (χ4v) is 2.30. The number of halogens is 1. The molecule has 0 saturated carbocycles. The monoisotopic (exact) mass is 258 g/mol. The molecule has 0 unspecified atom stereocenters. The molecule has 0 N–H and O–H groups in total. The lowest BCUT2D eigenvalue weighted by atomic mass is 9.99. The zero-order valence-electron chi connectivity index (χ0n) is 9.65. The predicted octanol–water partition coefficient (Wildman–Crippen LogP) is 3.60. The molecule has 0 fully saturated rings. The summed E-state index contributed by atoms with van der Waals surface area (Å²) in [6, 6.07) is 12.7. The van der Waals surface area contributed by atoms with E-state index in [0.717, 1.165) is 11.1 Å². The maximum atomic E-state index is 12.3. The van der Waals surface area contributed by atoms with Gasteiger partial charge in [0.1, 0.15) is 0 Å². The second-order valence-corrected chi connectivity index (χ2v) is 4.75. The van der Waals surface area contributed by atoms with Crippen molar-refractivity contribution >= 4 is 17.4 Å². The van der Waals surface area contributed by atoms with Crippen LogP contribution in [-0.2, 0) is 18.0 Å². The number of carbonyl (C=O) groups is 1. The van der Waals surface area contributed by atoms with Crippen LogP contribution in [0, 0.1) is 0 Å². The van der Waals surface area contributed by atoms with Crippen LogP contribution < -0.4 is 0 Å². The Bertz CT molecular complexity index is 620. The third-order valence-corrected chi connectivity index (χ3v) is 3.31. The van der Waals surface area contributed by atoms with Crippen molar-refractivity contribution in [1.29, 1.82) is 0 Å². The molecule has 0 aromatic heterocycles. The van der Waals surface area contributed by atoms with E-state index in [4.69, 9.17) is 16.3 Å². The van der Waals surface area contributed by atoms with Crippen LogP contribution in [0.4, 0.5) is 0 Å². The molecule has 2 aromatic rings. The van der Waals surface area contributed by atoms with E-state index >= 15 is 0 Å². The Kier molecular flexibility index (Phi) is 2.90. The van der Waals surface area contributed by atoms with E-state index in [0.29, 0.717) is 29.4 Å². The van der Waals surface area contributed by atoms with Gasteiger partial charge in [-0.3, -0.25) is 4.79 Å². The van der Waals surface area contributed by atoms with Crippen LogP contribution in [-0.4, -0.2) is 5.78 Å². The first-order valence-corrected chi connectivity index (χ1v) is 6.11. The average molecular weight is 259 g/mol. The van der Waals surface area contributed by atoms with E-state index in [9.17, 15) is 4.79 Å². The molecule has 0 atom stereocenters. The minimum Gasteiger partial charge on any atom is -0.372 e. The summed E-state index contributed by atoms with van der Waals surface area (Å²) in [6.07, 6.45) is 0. The maximum Gasteiger partial charge on any atom is 0.193 e. The SMILES string of the molecule is O=C(c1cccc(Cl)c1)c1ccc2c(c1)COC2. The Morgan fingerprint density at radius 1 is 1.00 bits per heavy atom. The average Bonchev–Trinajstić information content (AvgIpc) is 2.85. The fourth-order valence-electron chi connectivity index (χ4n) is 2.11. The topological polar surface area (TPSA) is 26.3 Å². The number of ketones is 1. The summed E-state index contributed by atoms with van der Waals surface area (Å²) in [5.74, 6) is -0.00722. The number of benzene rings is 2. The maximum absolute atomic E-state index is 12.3. The fraction of sp³-hybridized carbons (Fsp3) is 0.133. The molecule has 1 aliphatic heterocycles. The van der Waals surface area contributed by atoms with Crippen LogP contribution >= 0.6 is 11.6 Å². The molecule has 2 nitrogen and oxygen atoms in total. The van der Waals surface area contributed by atoms with Gasteiger partial charge in [-0.05, 0) is 29.3 Å². The van der Waals surface area contributed by atoms with Gasteiger partial charge in [-0.15, -0.1) is 0 Å². The summed E-state index contributed by atoms with van der Waals surface area (Å²) in [5.41, 5.74) is 3.56. The molecule has 3 heteroatoms. The standard InChI is InChI=1S/C15H11ClO2/c16-14-3-1-2-10(7-14)15(17)11-4-5-12-8-18-9-13(12)6-11/h1-7H,8-9H2. The molecule has 1 aliphatic rings. The van der Waals surface area contributed by atoms with Gasteiger partial charge in [-0.25, -0.2) is 0 Å². The number of carbonyl (C=O) groups excluding carboxylic acids is 1. The van der Waals surface area contributed by atoms with Gasteiger partial charge in [0.05, 0.1) is 13.2 Å². The summed E-state index contributed by atoms with van der Waals surface area (Å²) in [5, 5.41) is 0.574. The van der Waals surface area contributed by atoms with Crippen molar-refractivity contribution in [3.05, 3.63) is 69.7 Å². The molecule has 1 heterocycles. The molecular weight excluding hydrogens is 248 g/mol. The molecule has 0 spiro atoms. The van der Waals surface area contributed by atoms with Crippen molar-refractivity contribution in [3.63, 3.8) is 0 Å². The second-order valence-electron chi connectivity index (χ2n) is 4.32. The lowest BCUT2D eigenvalue weighted by Crippen LogP contribution is -2.02. The molecular formula is C15H11ClO2. The van der Waals surface area contributed by atoms with Gasteiger partial charge in [0.25, 0.3) is 0 Å². The van der Waals surface area contributed by atoms with Crippen LogP contribution in [0.3, 0.4) is 0 Å². The Hall–Kier alpha value is -1.64. The zero-order chi connectivity index (χ0) is 12.5. The van der Waals surface area contributed by atoms with Crippen LogP contribution in [0.2, 0.25) is 5.02 Å². The molecule has 0 radical (unpaired) electrons. The van der Waals surface area contributed by atoms with E-state index in [1.54, 1.807) is 24.3 Å². The van der Waals surface area contributed by atoms with Crippen molar-refractivity contribution < 1.29 is 9.53 Å². The highest BCUT2D eigenvalue weighted by molar-refractivity contribution is 6.31. The van der Waals surface area contributed by atoms with Gasteiger partial charge in [0.15, 0.2) is 5.78 Å². The summed E-state index contributed by atoms with van der Waals surface area (Å²) in [6.45, 7) is 1.23. The van der Waals surface area contributed by atoms with Gasteiger partial charge < -0.3 is 4.74 Å². The lowest BCUT2D eigenvalue weighted by molar-refractivity contribution is 0.103. The minimum atomic E-state index is -0.00722. The summed E-state index contributed by atoms with van der Waals surface area (Å²) in [4.78, 5) is 12.3. The molecule has 18 heavy (non-hydrogen) atoms. The minimum absolute atomic E-state index is 0.00722. The number of hydrogen-bond acceptors (Lipinski definition) is 2. The zero-order valence-corrected chi connectivity index (χ0v) is 10.4. The highest BCUT2D eigenvalue weighted by atomic mass is 35.5. The van der Waals surface area contributed by atoms with Crippen molar-refractivity contribution in [2.24, 2.45) is 0 Å².